The van der Waals surface area contributed by atoms with Gasteiger partial charge in [0.2, 0.25) is 0 Å². The average Bonchev–Trinajstić information content (AvgIpc) is 2.91. The number of rotatable bonds is 4. The van der Waals surface area contributed by atoms with Crippen molar-refractivity contribution in [2.75, 3.05) is 7.05 Å². The summed E-state index contributed by atoms with van der Waals surface area (Å²) in [6.07, 6.45) is 0. The number of benzene rings is 1. The summed E-state index contributed by atoms with van der Waals surface area (Å²) in [6, 6.07) is 7.97. The van der Waals surface area contributed by atoms with E-state index in [0.29, 0.717) is 16.3 Å². The Labute approximate surface area is 132 Å². The van der Waals surface area contributed by atoms with E-state index >= 15 is 0 Å². The normalized spacial score (nSPS) is 12.2. The molecule has 1 N–H and O–H groups in total. The number of hydrogen-bond acceptors (Lipinski definition) is 3. The van der Waals surface area contributed by atoms with Gasteiger partial charge in [0.1, 0.15) is 11.5 Å². The largest absolute Gasteiger partial charge is 0.508 e. The molecule has 0 aliphatic carbocycles. The van der Waals surface area contributed by atoms with Crippen LogP contribution in [0.2, 0.25) is 5.02 Å². The fourth-order valence-corrected chi connectivity index (χ4v) is 2.19. The molecule has 1 aromatic heterocycles. The fourth-order valence-electron chi connectivity index (χ4n) is 1.88. The monoisotopic (exact) mass is 327 g/mol. The van der Waals surface area contributed by atoms with E-state index in [9.17, 15) is 9.90 Å². The SMILES string of the molecule is CC(Cl)c1ccc(C(=O)N(C)Cc2cc(Cl)ccc2O)o1. The number of halogens is 2. The van der Waals surface area contributed by atoms with E-state index in [1.807, 2.05) is 0 Å². The molecular weight excluding hydrogens is 313 g/mol. The molecular formula is C15H15Cl2NO3. The van der Waals surface area contributed by atoms with Gasteiger partial charge < -0.3 is 14.4 Å². The second-order valence-corrected chi connectivity index (χ2v) is 5.84. The smallest absolute Gasteiger partial charge is 0.289 e. The second kappa shape index (κ2) is 6.41. The van der Waals surface area contributed by atoms with Gasteiger partial charge >= 0.3 is 0 Å². The Morgan fingerprint density at radius 1 is 1.38 bits per heavy atom. The van der Waals surface area contributed by atoms with Crippen molar-refractivity contribution in [1.29, 1.82) is 0 Å². The highest BCUT2D eigenvalue weighted by molar-refractivity contribution is 6.30. The average molecular weight is 328 g/mol. The number of phenols is 1. The lowest BCUT2D eigenvalue weighted by Crippen LogP contribution is -2.25. The Bertz CT molecular complexity index is 652. The molecule has 1 unspecified atom stereocenters. The molecule has 0 aliphatic rings. The summed E-state index contributed by atoms with van der Waals surface area (Å²) >= 11 is 11.8. The van der Waals surface area contributed by atoms with Crippen LogP contribution in [0.25, 0.3) is 0 Å². The number of alkyl halides is 1. The zero-order valence-corrected chi connectivity index (χ0v) is 13.1. The van der Waals surface area contributed by atoms with Gasteiger partial charge in [-0.2, -0.15) is 0 Å². The van der Waals surface area contributed by atoms with Crippen LogP contribution in [0.4, 0.5) is 0 Å². The van der Waals surface area contributed by atoms with Crippen LogP contribution in [-0.2, 0) is 6.54 Å². The van der Waals surface area contributed by atoms with Crippen LogP contribution in [0.15, 0.2) is 34.7 Å². The van der Waals surface area contributed by atoms with E-state index in [4.69, 9.17) is 27.6 Å². The first kappa shape index (κ1) is 15.7. The number of carbonyl (C=O) groups is 1. The van der Waals surface area contributed by atoms with Crippen LogP contribution in [0.5, 0.6) is 5.75 Å². The molecule has 1 aromatic carbocycles. The van der Waals surface area contributed by atoms with Gasteiger partial charge in [-0.1, -0.05) is 11.6 Å². The van der Waals surface area contributed by atoms with Crippen molar-refractivity contribution in [3.63, 3.8) is 0 Å². The summed E-state index contributed by atoms with van der Waals surface area (Å²) in [5.41, 5.74) is 0.566. The highest BCUT2D eigenvalue weighted by Gasteiger charge is 2.18. The van der Waals surface area contributed by atoms with E-state index in [-0.39, 0.29) is 29.3 Å². The summed E-state index contributed by atoms with van der Waals surface area (Å²) in [6.45, 7) is 1.99. The van der Waals surface area contributed by atoms with Crippen molar-refractivity contribution in [2.45, 2.75) is 18.8 Å². The highest BCUT2D eigenvalue weighted by Crippen LogP contribution is 2.25. The van der Waals surface area contributed by atoms with Gasteiger partial charge in [0.25, 0.3) is 5.91 Å². The molecule has 0 aliphatic heterocycles. The molecule has 0 spiro atoms. The van der Waals surface area contributed by atoms with Crippen molar-refractivity contribution in [2.24, 2.45) is 0 Å². The molecule has 1 atom stereocenters. The maximum atomic E-state index is 12.3. The maximum absolute atomic E-state index is 12.3. The number of nitrogens with zero attached hydrogens (tertiary/aromatic N) is 1. The van der Waals surface area contributed by atoms with Gasteiger partial charge in [0.15, 0.2) is 5.76 Å². The lowest BCUT2D eigenvalue weighted by molar-refractivity contribution is 0.0751. The van der Waals surface area contributed by atoms with E-state index in [2.05, 4.69) is 0 Å². The van der Waals surface area contributed by atoms with Gasteiger partial charge in [-0.05, 0) is 37.3 Å². The van der Waals surface area contributed by atoms with Crippen molar-refractivity contribution in [3.05, 3.63) is 52.4 Å². The first-order valence-corrected chi connectivity index (χ1v) is 7.16. The van der Waals surface area contributed by atoms with E-state index in [0.717, 1.165) is 0 Å². The number of aromatic hydroxyl groups is 1. The van der Waals surface area contributed by atoms with Crippen molar-refractivity contribution in [1.82, 2.24) is 4.90 Å². The second-order valence-electron chi connectivity index (χ2n) is 4.75. The zero-order chi connectivity index (χ0) is 15.6. The minimum atomic E-state index is -0.297. The third-order valence-corrected chi connectivity index (χ3v) is 3.48. The van der Waals surface area contributed by atoms with Crippen LogP contribution in [0.1, 0.15) is 34.2 Å². The molecule has 0 saturated heterocycles. The van der Waals surface area contributed by atoms with Crippen molar-refractivity contribution < 1.29 is 14.3 Å². The Kier molecular flexibility index (Phi) is 4.80. The molecule has 1 heterocycles. The first-order chi connectivity index (χ1) is 9.88. The molecule has 2 aromatic rings. The molecule has 2 rings (SSSR count). The van der Waals surface area contributed by atoms with Crippen LogP contribution >= 0.6 is 23.2 Å². The molecule has 0 radical (unpaired) electrons. The van der Waals surface area contributed by atoms with Crippen molar-refractivity contribution >= 4 is 29.1 Å². The summed E-state index contributed by atoms with van der Waals surface area (Å²) in [4.78, 5) is 13.7. The molecule has 112 valence electrons. The van der Waals surface area contributed by atoms with Gasteiger partial charge in [-0.3, -0.25) is 4.79 Å². The summed E-state index contributed by atoms with van der Waals surface area (Å²) in [7, 11) is 1.62. The maximum Gasteiger partial charge on any atom is 0.289 e. The van der Waals surface area contributed by atoms with Crippen LogP contribution in [-0.4, -0.2) is 23.0 Å². The van der Waals surface area contributed by atoms with Crippen molar-refractivity contribution in [3.8, 4) is 5.75 Å². The number of furan rings is 1. The molecule has 6 heteroatoms. The Morgan fingerprint density at radius 2 is 2.10 bits per heavy atom. The minimum absolute atomic E-state index is 0.0913. The fraction of sp³-hybridized carbons (Fsp3) is 0.267. The zero-order valence-electron chi connectivity index (χ0n) is 11.6. The molecule has 0 saturated carbocycles. The first-order valence-electron chi connectivity index (χ1n) is 6.35. The standard InChI is InChI=1S/C15H15Cl2NO3/c1-9(16)13-5-6-14(21-13)15(20)18(2)8-10-7-11(17)3-4-12(10)19/h3-7,9,19H,8H2,1-2H3. The lowest BCUT2D eigenvalue weighted by atomic mass is 10.2. The van der Waals surface area contributed by atoms with Gasteiger partial charge in [0.05, 0.1) is 5.38 Å². The van der Waals surface area contributed by atoms with Gasteiger partial charge in [-0.25, -0.2) is 0 Å². The molecule has 4 nitrogen and oxygen atoms in total. The Balaban J connectivity index is 2.13. The molecule has 21 heavy (non-hydrogen) atoms. The van der Waals surface area contributed by atoms with Gasteiger partial charge in [0, 0.05) is 24.2 Å². The van der Waals surface area contributed by atoms with Crippen LogP contribution in [0.3, 0.4) is 0 Å². The number of carbonyl (C=O) groups excluding carboxylic acids is 1. The number of phenolic OH excluding ortho intramolecular Hbond substituents is 1. The highest BCUT2D eigenvalue weighted by atomic mass is 35.5. The Morgan fingerprint density at radius 3 is 2.71 bits per heavy atom. The molecule has 1 amide bonds. The number of amides is 1. The Hall–Kier alpha value is -1.65. The minimum Gasteiger partial charge on any atom is -0.508 e. The predicted octanol–water partition coefficient (Wildman–Crippen LogP) is 4.21. The lowest BCUT2D eigenvalue weighted by Gasteiger charge is -2.16. The third-order valence-electron chi connectivity index (χ3n) is 3.03. The van der Waals surface area contributed by atoms with Gasteiger partial charge in [-0.15, -0.1) is 11.6 Å². The van der Waals surface area contributed by atoms with E-state index < -0.39 is 0 Å². The molecule has 0 bridgehead atoms. The van der Waals surface area contributed by atoms with Crippen LogP contribution in [0, 0.1) is 0 Å². The third kappa shape index (κ3) is 3.71. The van der Waals surface area contributed by atoms with Crippen LogP contribution < -0.4 is 0 Å². The summed E-state index contributed by atoms with van der Waals surface area (Å²) in [5, 5.41) is 9.98. The van der Waals surface area contributed by atoms with E-state index in [1.165, 1.54) is 11.0 Å². The van der Waals surface area contributed by atoms with E-state index in [1.54, 1.807) is 38.2 Å². The number of hydrogen-bond donors (Lipinski definition) is 1. The topological polar surface area (TPSA) is 53.7 Å². The quantitative estimate of drug-likeness (QED) is 0.856. The summed E-state index contributed by atoms with van der Waals surface area (Å²) in [5.74, 6) is 0.548. The molecule has 0 fully saturated rings. The summed E-state index contributed by atoms with van der Waals surface area (Å²) < 4.78 is 5.41. The predicted molar refractivity (Wildman–Crippen MR) is 81.9 cm³/mol.